The van der Waals surface area contributed by atoms with Gasteiger partial charge in [-0.05, 0) is 24.1 Å². The third-order valence-corrected chi connectivity index (χ3v) is 3.42. The van der Waals surface area contributed by atoms with Gasteiger partial charge < -0.3 is 10.4 Å². The first-order valence-corrected chi connectivity index (χ1v) is 6.88. The van der Waals surface area contributed by atoms with Crippen molar-refractivity contribution in [3.05, 3.63) is 54.1 Å². The molecular formula is C16H18ClNO. The summed E-state index contributed by atoms with van der Waals surface area (Å²) in [7, 11) is 0. The largest absolute Gasteiger partial charge is 0.390 e. The van der Waals surface area contributed by atoms with Gasteiger partial charge in [0.2, 0.25) is 0 Å². The fourth-order valence-electron chi connectivity index (χ4n) is 2.03. The molecule has 2 N–H and O–H groups in total. The van der Waals surface area contributed by atoms with Gasteiger partial charge >= 0.3 is 0 Å². The molecule has 0 radical (unpaired) electrons. The van der Waals surface area contributed by atoms with E-state index in [1.165, 1.54) is 11.1 Å². The minimum absolute atomic E-state index is 0.236. The zero-order valence-electron chi connectivity index (χ0n) is 10.9. The number of halogens is 1. The van der Waals surface area contributed by atoms with E-state index >= 15 is 0 Å². The van der Waals surface area contributed by atoms with E-state index in [1.807, 2.05) is 30.3 Å². The summed E-state index contributed by atoms with van der Waals surface area (Å²) < 4.78 is 0. The van der Waals surface area contributed by atoms with Gasteiger partial charge in [-0.2, -0.15) is 0 Å². The SMILES string of the molecule is Cc1ccccc1-c1ccccc1NCC(O)CCl. The van der Waals surface area contributed by atoms with Crippen LogP contribution in [0.2, 0.25) is 0 Å². The summed E-state index contributed by atoms with van der Waals surface area (Å²) in [6, 6.07) is 16.4. The molecule has 0 saturated heterocycles. The lowest BCUT2D eigenvalue weighted by Crippen LogP contribution is -2.21. The molecule has 0 aliphatic rings. The number of nitrogens with one attached hydrogen (secondary N) is 1. The number of rotatable bonds is 5. The molecule has 3 heteroatoms. The van der Waals surface area contributed by atoms with Gasteiger partial charge in [-0.15, -0.1) is 11.6 Å². The topological polar surface area (TPSA) is 32.3 Å². The van der Waals surface area contributed by atoms with Gasteiger partial charge in [0, 0.05) is 17.8 Å². The van der Waals surface area contributed by atoms with Gasteiger partial charge in [-0.25, -0.2) is 0 Å². The highest BCUT2D eigenvalue weighted by molar-refractivity contribution is 6.18. The second-order valence-corrected chi connectivity index (χ2v) is 4.86. The Balaban J connectivity index is 2.29. The van der Waals surface area contributed by atoms with Crippen LogP contribution in [-0.4, -0.2) is 23.6 Å². The van der Waals surface area contributed by atoms with Gasteiger partial charge in [-0.1, -0.05) is 42.5 Å². The molecular weight excluding hydrogens is 258 g/mol. The van der Waals surface area contributed by atoms with Gasteiger partial charge in [-0.3, -0.25) is 0 Å². The molecule has 0 fully saturated rings. The van der Waals surface area contributed by atoms with Crippen LogP contribution in [0.4, 0.5) is 5.69 Å². The number of anilines is 1. The standard InChI is InChI=1S/C16H18ClNO/c1-12-6-2-3-7-14(12)15-8-4-5-9-16(15)18-11-13(19)10-17/h2-9,13,18-19H,10-11H2,1H3. The van der Waals surface area contributed by atoms with Gasteiger partial charge in [0.05, 0.1) is 12.0 Å². The molecule has 0 saturated carbocycles. The molecule has 1 atom stereocenters. The van der Waals surface area contributed by atoms with E-state index in [0.717, 1.165) is 11.3 Å². The van der Waals surface area contributed by atoms with Gasteiger partial charge in [0.15, 0.2) is 0 Å². The van der Waals surface area contributed by atoms with Crippen LogP contribution in [-0.2, 0) is 0 Å². The lowest BCUT2D eigenvalue weighted by Gasteiger charge is -2.15. The first-order valence-electron chi connectivity index (χ1n) is 6.35. The number of benzene rings is 2. The van der Waals surface area contributed by atoms with E-state index < -0.39 is 6.10 Å². The summed E-state index contributed by atoms with van der Waals surface area (Å²) >= 11 is 5.61. The summed E-state index contributed by atoms with van der Waals surface area (Å²) in [6.45, 7) is 2.55. The van der Waals surface area contributed by atoms with E-state index in [9.17, 15) is 5.11 Å². The first kappa shape index (κ1) is 13.9. The summed E-state index contributed by atoms with van der Waals surface area (Å²) in [5.41, 5.74) is 4.59. The fourth-order valence-corrected chi connectivity index (χ4v) is 2.14. The molecule has 2 rings (SSSR count). The molecule has 1 unspecified atom stereocenters. The Morgan fingerprint density at radius 2 is 1.68 bits per heavy atom. The number of aryl methyl sites for hydroxylation is 1. The molecule has 0 bridgehead atoms. The maximum absolute atomic E-state index is 9.54. The van der Waals surface area contributed by atoms with Crippen molar-refractivity contribution in [2.24, 2.45) is 0 Å². The Kier molecular flexibility index (Phi) is 4.83. The third kappa shape index (κ3) is 3.49. The third-order valence-electron chi connectivity index (χ3n) is 3.07. The van der Waals surface area contributed by atoms with Crippen molar-refractivity contribution in [3.8, 4) is 11.1 Å². The molecule has 0 heterocycles. The van der Waals surface area contributed by atoms with Crippen LogP contribution in [0.5, 0.6) is 0 Å². The van der Waals surface area contributed by atoms with Crippen molar-refractivity contribution in [2.45, 2.75) is 13.0 Å². The maximum atomic E-state index is 9.54. The van der Waals surface area contributed by atoms with Gasteiger partial charge in [0.1, 0.15) is 0 Å². The van der Waals surface area contributed by atoms with Crippen LogP contribution in [0, 0.1) is 6.92 Å². The highest BCUT2D eigenvalue weighted by Gasteiger charge is 2.08. The highest BCUT2D eigenvalue weighted by Crippen LogP contribution is 2.30. The van der Waals surface area contributed by atoms with Gasteiger partial charge in [0.25, 0.3) is 0 Å². The molecule has 0 amide bonds. The lowest BCUT2D eigenvalue weighted by molar-refractivity contribution is 0.211. The number of alkyl halides is 1. The summed E-state index contributed by atoms with van der Waals surface area (Å²) in [6.07, 6.45) is -0.536. The van der Waals surface area contributed by atoms with Crippen LogP contribution in [0.15, 0.2) is 48.5 Å². The quantitative estimate of drug-likeness (QED) is 0.816. The number of hydrogen-bond donors (Lipinski definition) is 2. The monoisotopic (exact) mass is 275 g/mol. The number of aliphatic hydroxyl groups excluding tert-OH is 1. The molecule has 0 aromatic heterocycles. The lowest BCUT2D eigenvalue weighted by atomic mass is 9.99. The van der Waals surface area contributed by atoms with Crippen LogP contribution in [0.25, 0.3) is 11.1 Å². The Labute approximate surface area is 119 Å². The predicted molar refractivity (Wildman–Crippen MR) is 81.8 cm³/mol. The second kappa shape index (κ2) is 6.60. The van der Waals surface area contributed by atoms with E-state index in [2.05, 4.69) is 30.4 Å². The minimum atomic E-state index is -0.536. The van der Waals surface area contributed by atoms with Crippen LogP contribution >= 0.6 is 11.6 Å². The van der Waals surface area contributed by atoms with Crippen molar-refractivity contribution >= 4 is 17.3 Å². The Hall–Kier alpha value is -1.51. The Bertz CT molecular complexity index is 542. The van der Waals surface area contributed by atoms with Crippen molar-refractivity contribution < 1.29 is 5.11 Å². The summed E-state index contributed by atoms with van der Waals surface area (Å²) in [4.78, 5) is 0. The fraction of sp³-hybridized carbons (Fsp3) is 0.250. The molecule has 2 aromatic rings. The van der Waals surface area contributed by atoms with Crippen molar-refractivity contribution in [3.63, 3.8) is 0 Å². The first-order chi connectivity index (χ1) is 9.22. The number of hydrogen-bond acceptors (Lipinski definition) is 2. The molecule has 2 aromatic carbocycles. The summed E-state index contributed by atoms with van der Waals surface area (Å²) in [5, 5.41) is 12.8. The van der Waals surface area contributed by atoms with E-state index in [4.69, 9.17) is 11.6 Å². The predicted octanol–water partition coefficient (Wildman–Crippen LogP) is 3.67. The Morgan fingerprint density at radius 3 is 2.37 bits per heavy atom. The zero-order chi connectivity index (χ0) is 13.7. The smallest absolute Gasteiger partial charge is 0.0847 e. The minimum Gasteiger partial charge on any atom is -0.390 e. The average molecular weight is 276 g/mol. The van der Waals surface area contributed by atoms with E-state index in [-0.39, 0.29) is 5.88 Å². The molecule has 100 valence electrons. The van der Waals surface area contributed by atoms with Crippen molar-refractivity contribution in [2.75, 3.05) is 17.7 Å². The molecule has 0 aliphatic carbocycles. The highest BCUT2D eigenvalue weighted by atomic mass is 35.5. The van der Waals surface area contributed by atoms with E-state index in [1.54, 1.807) is 0 Å². The molecule has 2 nitrogen and oxygen atoms in total. The normalized spacial score (nSPS) is 12.2. The van der Waals surface area contributed by atoms with Crippen molar-refractivity contribution in [1.82, 2.24) is 0 Å². The molecule has 0 spiro atoms. The van der Waals surface area contributed by atoms with E-state index in [0.29, 0.717) is 6.54 Å². The molecule has 19 heavy (non-hydrogen) atoms. The van der Waals surface area contributed by atoms with Crippen molar-refractivity contribution in [1.29, 1.82) is 0 Å². The molecule has 0 aliphatic heterocycles. The number of para-hydroxylation sites is 1. The van der Waals surface area contributed by atoms with Crippen LogP contribution < -0.4 is 5.32 Å². The zero-order valence-corrected chi connectivity index (χ0v) is 11.7. The van der Waals surface area contributed by atoms with Crippen LogP contribution in [0.1, 0.15) is 5.56 Å². The van der Waals surface area contributed by atoms with Crippen LogP contribution in [0.3, 0.4) is 0 Å². The second-order valence-electron chi connectivity index (χ2n) is 4.55. The average Bonchev–Trinajstić information content (AvgIpc) is 2.45. The maximum Gasteiger partial charge on any atom is 0.0847 e. The number of aliphatic hydroxyl groups is 1. The summed E-state index contributed by atoms with van der Waals surface area (Å²) in [5.74, 6) is 0.236. The Morgan fingerprint density at radius 1 is 1.05 bits per heavy atom.